The van der Waals surface area contributed by atoms with E-state index in [1.54, 1.807) is 11.3 Å². The van der Waals surface area contributed by atoms with Crippen LogP contribution >= 0.6 is 11.3 Å². The lowest BCUT2D eigenvalue weighted by atomic mass is 9.82. The van der Waals surface area contributed by atoms with Crippen molar-refractivity contribution < 1.29 is 9.47 Å². The van der Waals surface area contributed by atoms with E-state index >= 15 is 0 Å². The Hall–Kier alpha value is -0.490. The van der Waals surface area contributed by atoms with Crippen LogP contribution < -0.4 is 0 Å². The second kappa shape index (κ2) is 5.61. The molecular weight excluding hydrogens is 284 g/mol. The molecule has 0 amide bonds. The summed E-state index contributed by atoms with van der Waals surface area (Å²) < 4.78 is 11.7. The minimum atomic E-state index is 0.121. The topological polar surface area (TPSA) is 34.6 Å². The number of ether oxygens (including phenoxy) is 2. The van der Waals surface area contributed by atoms with Crippen LogP contribution in [0.5, 0.6) is 0 Å². The normalized spacial score (nSPS) is 36.3. The van der Waals surface area contributed by atoms with Crippen LogP contribution in [0.1, 0.15) is 43.5 Å². The summed E-state index contributed by atoms with van der Waals surface area (Å²) in [5, 5.41) is 3.30. The number of thiazole rings is 1. The highest BCUT2D eigenvalue weighted by Crippen LogP contribution is 2.47. The number of fused-ring (bicyclic) bond motifs is 5. The first-order valence-electron chi connectivity index (χ1n) is 8.18. The summed E-state index contributed by atoms with van der Waals surface area (Å²) in [6.45, 7) is 8.24. The molecule has 0 saturated carbocycles. The average Bonchev–Trinajstić information content (AvgIpc) is 3.21. The first-order chi connectivity index (χ1) is 10.2. The first-order valence-corrected chi connectivity index (χ1v) is 9.06. The zero-order chi connectivity index (χ0) is 14.4. The third-order valence-corrected chi connectivity index (χ3v) is 6.30. The van der Waals surface area contributed by atoms with Crippen LogP contribution in [0.25, 0.3) is 0 Å². The average molecular weight is 308 g/mol. The van der Waals surface area contributed by atoms with Gasteiger partial charge in [0, 0.05) is 43.5 Å². The highest BCUT2D eigenvalue weighted by molar-refractivity contribution is 7.09. The fraction of sp³-hybridized carbons (Fsp3) is 0.812. The van der Waals surface area contributed by atoms with Gasteiger partial charge >= 0.3 is 0 Å². The summed E-state index contributed by atoms with van der Waals surface area (Å²) in [4.78, 5) is 7.34. The van der Waals surface area contributed by atoms with Crippen molar-refractivity contribution in [3.05, 3.63) is 16.1 Å². The fourth-order valence-electron chi connectivity index (χ4n) is 4.31. The summed E-state index contributed by atoms with van der Waals surface area (Å²) in [7, 11) is 0. The fourth-order valence-corrected chi connectivity index (χ4v) is 5.12. The van der Waals surface area contributed by atoms with Crippen molar-refractivity contribution in [3.8, 4) is 0 Å². The Morgan fingerprint density at radius 1 is 1.38 bits per heavy atom. The van der Waals surface area contributed by atoms with Crippen LogP contribution in [0.3, 0.4) is 0 Å². The molecule has 0 aliphatic carbocycles. The van der Waals surface area contributed by atoms with E-state index in [9.17, 15) is 0 Å². The van der Waals surface area contributed by atoms with Gasteiger partial charge < -0.3 is 9.47 Å². The van der Waals surface area contributed by atoms with Gasteiger partial charge in [-0.1, -0.05) is 0 Å². The Morgan fingerprint density at radius 3 is 2.76 bits per heavy atom. The molecule has 0 unspecified atom stereocenters. The second-order valence-corrected chi connectivity index (χ2v) is 7.48. The predicted molar refractivity (Wildman–Crippen MR) is 82.3 cm³/mol. The summed E-state index contributed by atoms with van der Waals surface area (Å²) in [5.74, 6) is 1.56. The van der Waals surface area contributed by atoms with Gasteiger partial charge in [0.05, 0.1) is 17.9 Å². The molecular formula is C16H24N2O2S. The lowest BCUT2D eigenvalue weighted by Gasteiger charge is -2.18. The maximum Gasteiger partial charge on any atom is 0.122 e. The van der Waals surface area contributed by atoms with Crippen molar-refractivity contribution in [3.63, 3.8) is 0 Å². The lowest BCUT2D eigenvalue weighted by Crippen LogP contribution is -2.24. The molecule has 4 heterocycles. The van der Waals surface area contributed by atoms with Crippen molar-refractivity contribution in [2.45, 2.75) is 51.5 Å². The molecule has 4 rings (SSSR count). The Morgan fingerprint density at radius 2 is 2.10 bits per heavy atom. The van der Waals surface area contributed by atoms with Crippen LogP contribution in [-0.2, 0) is 16.0 Å². The van der Waals surface area contributed by atoms with Crippen LogP contribution in [-0.4, -0.2) is 41.8 Å². The van der Waals surface area contributed by atoms with E-state index in [0.29, 0.717) is 12.2 Å². The van der Waals surface area contributed by atoms with Gasteiger partial charge in [-0.25, -0.2) is 4.98 Å². The van der Waals surface area contributed by atoms with Gasteiger partial charge in [-0.2, -0.15) is 0 Å². The summed E-state index contributed by atoms with van der Waals surface area (Å²) in [6, 6.07) is 0. The van der Waals surface area contributed by atoms with E-state index in [4.69, 9.17) is 14.5 Å². The first kappa shape index (κ1) is 14.1. The minimum Gasteiger partial charge on any atom is -0.374 e. The maximum absolute atomic E-state index is 6.04. The Balaban J connectivity index is 1.37. The number of nitrogens with zero attached hydrogens (tertiary/aromatic N) is 2. The van der Waals surface area contributed by atoms with Gasteiger partial charge in [-0.05, 0) is 26.7 Å². The maximum atomic E-state index is 6.04. The smallest absolute Gasteiger partial charge is 0.122 e. The van der Waals surface area contributed by atoms with E-state index in [1.165, 1.54) is 31.6 Å². The third kappa shape index (κ3) is 2.54. The molecule has 0 N–H and O–H groups in total. The molecule has 5 atom stereocenters. The van der Waals surface area contributed by atoms with Crippen molar-refractivity contribution in [2.24, 2.45) is 11.8 Å². The summed E-state index contributed by atoms with van der Waals surface area (Å²) in [5.41, 5.74) is 1.20. The van der Waals surface area contributed by atoms with Crippen molar-refractivity contribution in [1.29, 1.82) is 0 Å². The number of hydrogen-bond donors (Lipinski definition) is 0. The molecule has 5 heteroatoms. The van der Waals surface area contributed by atoms with E-state index in [1.807, 2.05) is 6.92 Å². The largest absolute Gasteiger partial charge is 0.374 e. The molecule has 3 fully saturated rings. The molecule has 3 saturated heterocycles. The zero-order valence-electron chi connectivity index (χ0n) is 12.8. The molecule has 3 aliphatic heterocycles. The Bertz CT molecular complexity index is 488. The van der Waals surface area contributed by atoms with E-state index < -0.39 is 0 Å². The molecule has 1 aromatic heterocycles. The summed E-state index contributed by atoms with van der Waals surface area (Å²) >= 11 is 1.73. The van der Waals surface area contributed by atoms with Gasteiger partial charge in [0.2, 0.25) is 0 Å². The van der Waals surface area contributed by atoms with E-state index in [0.717, 1.165) is 30.0 Å². The molecule has 0 radical (unpaired) electrons. The van der Waals surface area contributed by atoms with Crippen LogP contribution in [0.2, 0.25) is 0 Å². The lowest BCUT2D eigenvalue weighted by molar-refractivity contribution is 0.0693. The predicted octanol–water partition coefficient (Wildman–Crippen LogP) is 2.85. The monoisotopic (exact) mass is 308 g/mol. The standard InChI is InChI=1S/C16H24N2O2S/c1-3-19-10(2)16-17-11(9-21-16)6-18-7-12-13(8-18)15-5-4-14(12)20-15/h9-10,12-15H,3-8H2,1-2H3/t10-,12-,13+,14+,15+/m0/s1. The third-order valence-electron chi connectivity index (χ3n) is 5.25. The minimum absolute atomic E-state index is 0.121. The second-order valence-electron chi connectivity index (χ2n) is 6.59. The zero-order valence-corrected chi connectivity index (χ0v) is 13.6. The van der Waals surface area contributed by atoms with E-state index in [2.05, 4.69) is 17.2 Å². The molecule has 0 spiro atoms. The molecule has 21 heavy (non-hydrogen) atoms. The molecule has 0 aromatic carbocycles. The quantitative estimate of drug-likeness (QED) is 0.838. The molecule has 4 nitrogen and oxygen atoms in total. The van der Waals surface area contributed by atoms with Crippen molar-refractivity contribution in [1.82, 2.24) is 9.88 Å². The van der Waals surface area contributed by atoms with Gasteiger partial charge in [0.1, 0.15) is 11.1 Å². The highest BCUT2D eigenvalue weighted by Gasteiger charge is 2.52. The van der Waals surface area contributed by atoms with Gasteiger partial charge in [-0.3, -0.25) is 4.90 Å². The van der Waals surface area contributed by atoms with Crippen LogP contribution in [0, 0.1) is 11.8 Å². The van der Waals surface area contributed by atoms with Crippen LogP contribution in [0.4, 0.5) is 0 Å². The Kier molecular flexibility index (Phi) is 3.78. The number of likely N-dealkylation sites (tertiary alicyclic amines) is 1. The number of aromatic nitrogens is 1. The van der Waals surface area contributed by atoms with Gasteiger partial charge in [0.15, 0.2) is 0 Å². The van der Waals surface area contributed by atoms with Gasteiger partial charge in [-0.15, -0.1) is 11.3 Å². The molecule has 1 aromatic rings. The van der Waals surface area contributed by atoms with Crippen LogP contribution in [0.15, 0.2) is 5.38 Å². The molecule has 3 aliphatic rings. The van der Waals surface area contributed by atoms with E-state index in [-0.39, 0.29) is 6.10 Å². The molecule has 2 bridgehead atoms. The molecule has 116 valence electrons. The van der Waals surface area contributed by atoms with Gasteiger partial charge in [0.25, 0.3) is 0 Å². The highest BCUT2D eigenvalue weighted by atomic mass is 32.1. The Labute approximate surface area is 130 Å². The van der Waals surface area contributed by atoms with Crippen molar-refractivity contribution in [2.75, 3.05) is 19.7 Å². The number of rotatable bonds is 5. The number of hydrogen-bond acceptors (Lipinski definition) is 5. The summed E-state index contributed by atoms with van der Waals surface area (Å²) in [6.07, 6.45) is 3.79. The SMILES string of the molecule is CCO[C@@H](C)c1nc(CN2C[C@@H]3[C@H](C2)[C@H]2CC[C@H]3O2)cs1. The van der Waals surface area contributed by atoms with Crippen molar-refractivity contribution >= 4 is 11.3 Å².